The molecule has 0 aliphatic carbocycles. The first-order valence-corrected chi connectivity index (χ1v) is 4.42. The molecular formula is C6H7KN2O3S. The molecule has 1 rings (SSSR count). The quantitative estimate of drug-likeness (QED) is 0.297. The van der Waals surface area contributed by atoms with E-state index in [4.69, 9.17) is 11.5 Å². The number of rotatable bonds is 1. The smallest absolute Gasteiger partial charge is 0.744 e. The minimum absolute atomic E-state index is 0. The molecule has 4 N–H and O–H groups in total. The fraction of sp³-hybridized carbons (Fsp3) is 0. The maximum atomic E-state index is 10.5. The van der Waals surface area contributed by atoms with Gasteiger partial charge in [0.25, 0.3) is 0 Å². The molecule has 5 nitrogen and oxygen atoms in total. The Kier molecular flexibility index (Phi) is 4.87. The molecule has 66 valence electrons. The van der Waals surface area contributed by atoms with Gasteiger partial charge in [-0.25, -0.2) is 8.42 Å². The summed E-state index contributed by atoms with van der Waals surface area (Å²) in [5, 5.41) is 0. The van der Waals surface area contributed by atoms with Crippen LogP contribution in [0.25, 0.3) is 0 Å². The van der Waals surface area contributed by atoms with Crippen LogP contribution in [0, 0.1) is 0 Å². The van der Waals surface area contributed by atoms with Crippen LogP contribution in [-0.2, 0) is 10.1 Å². The molecule has 0 atom stereocenters. The van der Waals surface area contributed by atoms with Crippen molar-refractivity contribution in [2.24, 2.45) is 0 Å². The van der Waals surface area contributed by atoms with Gasteiger partial charge in [-0.3, -0.25) is 0 Å². The van der Waals surface area contributed by atoms with Crippen molar-refractivity contribution < 1.29 is 64.4 Å². The first-order valence-electron chi connectivity index (χ1n) is 3.01. The molecule has 0 radical (unpaired) electrons. The fourth-order valence-corrected chi connectivity index (χ4v) is 1.35. The summed E-state index contributed by atoms with van der Waals surface area (Å²) < 4.78 is 31.4. The molecule has 0 unspecified atom stereocenters. The molecule has 1 aromatic carbocycles. The van der Waals surface area contributed by atoms with Crippen molar-refractivity contribution in [2.45, 2.75) is 4.90 Å². The second-order valence-corrected chi connectivity index (χ2v) is 3.67. The zero-order valence-electron chi connectivity index (χ0n) is 7.02. The topological polar surface area (TPSA) is 109 Å². The van der Waals surface area contributed by atoms with Gasteiger partial charge < -0.3 is 16.0 Å². The third-order valence-electron chi connectivity index (χ3n) is 1.24. The van der Waals surface area contributed by atoms with Gasteiger partial charge in [-0.15, -0.1) is 0 Å². The minimum Gasteiger partial charge on any atom is -0.744 e. The summed E-state index contributed by atoms with van der Waals surface area (Å²) in [7, 11) is -4.46. The molecule has 0 aromatic heterocycles. The summed E-state index contributed by atoms with van der Waals surface area (Å²) in [6.07, 6.45) is 0. The van der Waals surface area contributed by atoms with E-state index in [9.17, 15) is 13.0 Å². The Hall–Kier alpha value is 0.366. The van der Waals surface area contributed by atoms with Crippen molar-refractivity contribution in [1.82, 2.24) is 0 Å². The van der Waals surface area contributed by atoms with Crippen molar-refractivity contribution in [3.8, 4) is 0 Å². The summed E-state index contributed by atoms with van der Waals surface area (Å²) in [6, 6.07) is 3.51. The van der Waals surface area contributed by atoms with E-state index in [2.05, 4.69) is 0 Å². The molecule has 13 heavy (non-hydrogen) atoms. The van der Waals surface area contributed by atoms with E-state index in [0.717, 1.165) is 12.1 Å². The SMILES string of the molecule is Nc1cc(N)cc(S(=O)(=O)[O-])c1.[K+]. The van der Waals surface area contributed by atoms with E-state index in [1.807, 2.05) is 0 Å². The molecule has 0 aliphatic heterocycles. The molecule has 0 aliphatic rings. The van der Waals surface area contributed by atoms with Gasteiger partial charge >= 0.3 is 51.4 Å². The molecule has 0 fully saturated rings. The van der Waals surface area contributed by atoms with Crippen LogP contribution in [0.2, 0.25) is 0 Å². The maximum absolute atomic E-state index is 10.5. The Morgan fingerprint density at radius 2 is 1.46 bits per heavy atom. The Bertz CT molecular complexity index is 384. The van der Waals surface area contributed by atoms with Crippen molar-refractivity contribution in [3.63, 3.8) is 0 Å². The van der Waals surface area contributed by atoms with Gasteiger partial charge in [0.2, 0.25) is 0 Å². The second kappa shape index (κ2) is 4.74. The largest absolute Gasteiger partial charge is 1.00 e. The third kappa shape index (κ3) is 3.94. The molecule has 1 aromatic rings. The average molecular weight is 226 g/mol. The van der Waals surface area contributed by atoms with E-state index in [1.165, 1.54) is 6.07 Å². The number of nitrogen functional groups attached to an aromatic ring is 2. The van der Waals surface area contributed by atoms with E-state index < -0.39 is 15.0 Å². The Labute approximate surface area is 119 Å². The first kappa shape index (κ1) is 13.4. The molecule has 0 spiro atoms. The molecule has 0 bridgehead atoms. The number of nitrogens with two attached hydrogens (primary N) is 2. The summed E-state index contributed by atoms with van der Waals surface area (Å²) in [4.78, 5) is -0.403. The zero-order valence-corrected chi connectivity index (χ0v) is 11.0. The predicted molar refractivity (Wildman–Crippen MR) is 43.2 cm³/mol. The number of anilines is 2. The Balaban J connectivity index is 0.00000144. The number of hydrogen-bond acceptors (Lipinski definition) is 5. The van der Waals surface area contributed by atoms with E-state index in [0.29, 0.717) is 0 Å². The van der Waals surface area contributed by atoms with Crippen molar-refractivity contribution >= 4 is 21.5 Å². The van der Waals surface area contributed by atoms with Crippen LogP contribution >= 0.6 is 0 Å². The molecule has 0 amide bonds. The summed E-state index contributed by atoms with van der Waals surface area (Å²) in [6.45, 7) is 0. The monoisotopic (exact) mass is 226 g/mol. The van der Waals surface area contributed by atoms with Gasteiger partial charge in [0.1, 0.15) is 10.1 Å². The van der Waals surface area contributed by atoms with Gasteiger partial charge in [0, 0.05) is 11.4 Å². The maximum Gasteiger partial charge on any atom is 1.00 e. The average Bonchev–Trinajstić information content (AvgIpc) is 1.82. The van der Waals surface area contributed by atoms with Crippen LogP contribution < -0.4 is 62.9 Å². The van der Waals surface area contributed by atoms with Gasteiger partial charge in [-0.1, -0.05) is 0 Å². The van der Waals surface area contributed by atoms with Gasteiger partial charge in [-0.05, 0) is 18.2 Å². The Morgan fingerprint density at radius 1 is 1.08 bits per heavy atom. The molecule has 7 heteroatoms. The predicted octanol–water partition coefficient (Wildman–Crippen LogP) is -3.24. The van der Waals surface area contributed by atoms with Crippen LogP contribution in [0.15, 0.2) is 23.1 Å². The van der Waals surface area contributed by atoms with Gasteiger partial charge in [0.05, 0.1) is 4.90 Å². The van der Waals surface area contributed by atoms with Crippen LogP contribution in [0.1, 0.15) is 0 Å². The van der Waals surface area contributed by atoms with Crippen LogP contribution in [0.3, 0.4) is 0 Å². The van der Waals surface area contributed by atoms with E-state index in [1.54, 1.807) is 0 Å². The molecule has 0 saturated carbocycles. The summed E-state index contributed by atoms with van der Waals surface area (Å²) in [5.41, 5.74) is 10.9. The van der Waals surface area contributed by atoms with E-state index in [-0.39, 0.29) is 62.8 Å². The zero-order chi connectivity index (χ0) is 9.35. The van der Waals surface area contributed by atoms with E-state index >= 15 is 0 Å². The fourth-order valence-electron chi connectivity index (χ4n) is 0.790. The van der Waals surface area contributed by atoms with Crippen molar-refractivity contribution in [1.29, 1.82) is 0 Å². The third-order valence-corrected chi connectivity index (χ3v) is 2.05. The molecular weight excluding hydrogens is 219 g/mol. The number of benzene rings is 1. The standard InChI is InChI=1S/C6H8N2O3S.K/c7-4-1-5(8)3-6(2-4)12(9,10)11;/h1-3H,7-8H2,(H,9,10,11);/q;+1/p-1. The second-order valence-electron chi connectivity index (χ2n) is 2.29. The van der Waals surface area contributed by atoms with Gasteiger partial charge in [0.15, 0.2) is 0 Å². The minimum atomic E-state index is -4.46. The molecule has 0 saturated heterocycles. The summed E-state index contributed by atoms with van der Waals surface area (Å²) in [5.74, 6) is 0. The van der Waals surface area contributed by atoms with Gasteiger partial charge in [-0.2, -0.15) is 0 Å². The normalized spacial score (nSPS) is 10.5. The van der Waals surface area contributed by atoms with Crippen LogP contribution in [0.5, 0.6) is 0 Å². The van der Waals surface area contributed by atoms with Crippen molar-refractivity contribution in [2.75, 3.05) is 11.5 Å². The number of hydrogen-bond donors (Lipinski definition) is 2. The first-order chi connectivity index (χ1) is 5.39. The molecule has 0 heterocycles. The van der Waals surface area contributed by atoms with Crippen molar-refractivity contribution in [3.05, 3.63) is 18.2 Å². The summed E-state index contributed by atoms with van der Waals surface area (Å²) >= 11 is 0. The Morgan fingerprint density at radius 3 is 1.77 bits per heavy atom. The van der Waals surface area contributed by atoms with Crippen LogP contribution in [-0.4, -0.2) is 13.0 Å². The van der Waals surface area contributed by atoms with Crippen LogP contribution in [0.4, 0.5) is 11.4 Å².